The second-order valence-corrected chi connectivity index (χ2v) is 5.91. The Labute approximate surface area is 119 Å². The Morgan fingerprint density at radius 1 is 1.25 bits per heavy atom. The summed E-state index contributed by atoms with van der Waals surface area (Å²) in [7, 11) is 1.73. The van der Waals surface area contributed by atoms with Crippen molar-refractivity contribution < 1.29 is 14.7 Å². The van der Waals surface area contributed by atoms with Gasteiger partial charge in [0.2, 0.25) is 0 Å². The number of imide groups is 1. The first-order chi connectivity index (χ1) is 9.59. The van der Waals surface area contributed by atoms with Crippen LogP contribution in [0.1, 0.15) is 44.9 Å². The van der Waals surface area contributed by atoms with Gasteiger partial charge in [-0.1, -0.05) is 32.1 Å². The maximum absolute atomic E-state index is 12.6. The molecule has 1 spiro atoms. The monoisotopic (exact) mass is 283 g/mol. The van der Waals surface area contributed by atoms with E-state index >= 15 is 0 Å². The first-order valence-electron chi connectivity index (χ1n) is 7.56. The van der Waals surface area contributed by atoms with Gasteiger partial charge in [0.15, 0.2) is 0 Å². The van der Waals surface area contributed by atoms with E-state index in [-0.39, 0.29) is 18.5 Å². The van der Waals surface area contributed by atoms with Gasteiger partial charge in [-0.3, -0.25) is 9.69 Å². The Morgan fingerprint density at radius 3 is 2.45 bits per heavy atom. The third-order valence-corrected chi connectivity index (χ3v) is 4.29. The fourth-order valence-electron chi connectivity index (χ4n) is 3.20. The van der Waals surface area contributed by atoms with E-state index in [1.807, 2.05) is 0 Å². The number of nitrogens with zero attached hydrogens (tertiary/aromatic N) is 1. The lowest BCUT2D eigenvalue weighted by Gasteiger charge is -2.28. The molecule has 0 aromatic carbocycles. The Bertz CT molecular complexity index is 365. The molecule has 3 amide bonds. The van der Waals surface area contributed by atoms with Crippen molar-refractivity contribution in [3.05, 3.63) is 0 Å². The van der Waals surface area contributed by atoms with Gasteiger partial charge in [-0.2, -0.15) is 0 Å². The largest absolute Gasteiger partial charge is 0.390 e. The number of carbonyl (C=O) groups excluding carboxylic acids is 2. The van der Waals surface area contributed by atoms with Crippen LogP contribution >= 0.6 is 0 Å². The SMILES string of the molecule is CNCC(O)CN1C(=O)NC2(CCCCCCC2)C1=O. The van der Waals surface area contributed by atoms with Crippen molar-refractivity contribution >= 4 is 11.9 Å². The number of hydrogen-bond acceptors (Lipinski definition) is 4. The number of β-amino-alcohol motifs (C(OH)–C–C–N with tert-alkyl or cyclic N) is 1. The van der Waals surface area contributed by atoms with Crippen LogP contribution in [-0.4, -0.2) is 53.7 Å². The van der Waals surface area contributed by atoms with Crippen LogP contribution in [0.3, 0.4) is 0 Å². The summed E-state index contributed by atoms with van der Waals surface area (Å²) in [6, 6.07) is -0.356. The first-order valence-corrected chi connectivity index (χ1v) is 7.56. The number of urea groups is 1. The van der Waals surface area contributed by atoms with Gasteiger partial charge < -0.3 is 15.7 Å². The zero-order valence-electron chi connectivity index (χ0n) is 12.2. The highest BCUT2D eigenvalue weighted by molar-refractivity contribution is 6.07. The highest BCUT2D eigenvalue weighted by Gasteiger charge is 2.50. The zero-order valence-corrected chi connectivity index (χ0v) is 12.2. The highest BCUT2D eigenvalue weighted by atomic mass is 16.3. The summed E-state index contributed by atoms with van der Waals surface area (Å²) < 4.78 is 0. The number of aliphatic hydroxyl groups is 1. The van der Waals surface area contributed by atoms with E-state index in [1.165, 1.54) is 11.3 Å². The maximum atomic E-state index is 12.6. The van der Waals surface area contributed by atoms with E-state index in [9.17, 15) is 14.7 Å². The normalized spacial score (nSPS) is 24.4. The second kappa shape index (κ2) is 6.54. The van der Waals surface area contributed by atoms with Crippen molar-refractivity contribution in [3.8, 4) is 0 Å². The average Bonchev–Trinajstić information content (AvgIpc) is 2.60. The van der Waals surface area contributed by atoms with Crippen molar-refractivity contribution in [2.24, 2.45) is 0 Å². The molecule has 2 rings (SSSR count). The molecule has 1 heterocycles. The standard InChI is InChI=1S/C14H25N3O3/c1-15-9-11(18)10-17-12(19)14(16-13(17)20)7-5-3-2-4-6-8-14/h11,15,18H,2-10H2,1H3,(H,16,20). The molecule has 0 aromatic rings. The van der Waals surface area contributed by atoms with Crippen LogP contribution in [0.5, 0.6) is 0 Å². The number of amides is 3. The number of hydrogen-bond donors (Lipinski definition) is 3. The van der Waals surface area contributed by atoms with E-state index in [0.29, 0.717) is 6.54 Å². The van der Waals surface area contributed by atoms with Gasteiger partial charge in [-0.05, 0) is 19.9 Å². The lowest BCUT2D eigenvalue weighted by molar-refractivity contribution is -0.133. The molecule has 114 valence electrons. The quantitative estimate of drug-likeness (QED) is 0.660. The third-order valence-electron chi connectivity index (χ3n) is 4.29. The number of nitrogens with one attached hydrogen (secondary N) is 2. The molecule has 6 nitrogen and oxygen atoms in total. The van der Waals surface area contributed by atoms with Crippen LogP contribution in [0.15, 0.2) is 0 Å². The van der Waals surface area contributed by atoms with Crippen molar-refractivity contribution in [2.45, 2.75) is 56.6 Å². The minimum atomic E-state index is -0.724. The first kappa shape index (κ1) is 15.3. The zero-order chi connectivity index (χ0) is 14.6. The van der Waals surface area contributed by atoms with Gasteiger partial charge in [0, 0.05) is 6.54 Å². The number of carbonyl (C=O) groups is 2. The molecule has 6 heteroatoms. The summed E-state index contributed by atoms with van der Waals surface area (Å²) in [5, 5.41) is 15.5. The fourth-order valence-corrected chi connectivity index (χ4v) is 3.20. The summed E-state index contributed by atoms with van der Waals surface area (Å²) >= 11 is 0. The Kier molecular flexibility index (Phi) is 4.99. The molecule has 0 aromatic heterocycles. The van der Waals surface area contributed by atoms with Crippen LogP contribution in [0.4, 0.5) is 4.79 Å². The Morgan fingerprint density at radius 2 is 1.85 bits per heavy atom. The molecule has 1 aliphatic heterocycles. The molecule has 3 N–H and O–H groups in total. The molecule has 2 fully saturated rings. The Hall–Kier alpha value is -1.14. The molecule has 1 unspecified atom stereocenters. The molecule has 20 heavy (non-hydrogen) atoms. The molecule has 1 saturated carbocycles. The van der Waals surface area contributed by atoms with Crippen molar-refractivity contribution in [3.63, 3.8) is 0 Å². The fraction of sp³-hybridized carbons (Fsp3) is 0.857. The summed E-state index contributed by atoms with van der Waals surface area (Å²) in [5.41, 5.74) is -0.711. The lowest BCUT2D eigenvalue weighted by atomic mass is 9.84. The summed E-state index contributed by atoms with van der Waals surface area (Å²) in [6.45, 7) is 0.428. The van der Waals surface area contributed by atoms with Gasteiger partial charge in [0.1, 0.15) is 5.54 Å². The van der Waals surface area contributed by atoms with E-state index in [4.69, 9.17) is 0 Å². The molecule has 1 saturated heterocycles. The van der Waals surface area contributed by atoms with Crippen LogP contribution in [0, 0.1) is 0 Å². The van der Waals surface area contributed by atoms with Gasteiger partial charge in [0.05, 0.1) is 12.6 Å². The van der Waals surface area contributed by atoms with Crippen LogP contribution in [0.2, 0.25) is 0 Å². The van der Waals surface area contributed by atoms with E-state index in [1.54, 1.807) is 7.05 Å². The molecule has 0 bridgehead atoms. The van der Waals surface area contributed by atoms with Crippen LogP contribution in [0.25, 0.3) is 0 Å². The van der Waals surface area contributed by atoms with Crippen molar-refractivity contribution in [1.29, 1.82) is 0 Å². The van der Waals surface area contributed by atoms with Gasteiger partial charge in [0.25, 0.3) is 5.91 Å². The summed E-state index contributed by atoms with van der Waals surface area (Å²) in [5.74, 6) is -0.153. The van der Waals surface area contributed by atoms with Gasteiger partial charge in [-0.25, -0.2) is 4.79 Å². The van der Waals surface area contributed by atoms with Crippen LogP contribution in [-0.2, 0) is 4.79 Å². The minimum absolute atomic E-state index is 0.0628. The molecular formula is C14H25N3O3. The number of rotatable bonds is 4. The van der Waals surface area contributed by atoms with Crippen molar-refractivity contribution in [2.75, 3.05) is 20.1 Å². The van der Waals surface area contributed by atoms with Crippen molar-refractivity contribution in [1.82, 2.24) is 15.5 Å². The third kappa shape index (κ3) is 3.12. The van der Waals surface area contributed by atoms with Crippen LogP contribution < -0.4 is 10.6 Å². The topological polar surface area (TPSA) is 81.7 Å². The number of likely N-dealkylation sites (N-methyl/N-ethyl adjacent to an activating group) is 1. The number of aliphatic hydroxyl groups excluding tert-OH is 1. The van der Waals surface area contributed by atoms with Gasteiger partial charge >= 0.3 is 6.03 Å². The molecule has 1 atom stereocenters. The van der Waals surface area contributed by atoms with E-state index in [2.05, 4.69) is 10.6 Å². The Balaban J connectivity index is 2.06. The minimum Gasteiger partial charge on any atom is -0.390 e. The van der Waals surface area contributed by atoms with E-state index in [0.717, 1.165) is 38.5 Å². The summed E-state index contributed by atoms with van der Waals surface area (Å²) in [4.78, 5) is 25.9. The lowest BCUT2D eigenvalue weighted by Crippen LogP contribution is -2.48. The smallest absolute Gasteiger partial charge is 0.325 e. The molecule has 0 radical (unpaired) electrons. The average molecular weight is 283 g/mol. The second-order valence-electron chi connectivity index (χ2n) is 5.91. The predicted octanol–water partition coefficient (Wildman–Crippen LogP) is 0.602. The summed E-state index contributed by atoms with van der Waals surface area (Å²) in [6.07, 6.45) is 6.10. The van der Waals surface area contributed by atoms with Gasteiger partial charge in [-0.15, -0.1) is 0 Å². The molecule has 2 aliphatic rings. The predicted molar refractivity (Wildman–Crippen MR) is 75.2 cm³/mol. The molecule has 1 aliphatic carbocycles. The maximum Gasteiger partial charge on any atom is 0.325 e. The molecular weight excluding hydrogens is 258 g/mol. The van der Waals surface area contributed by atoms with E-state index < -0.39 is 11.6 Å². The highest BCUT2D eigenvalue weighted by Crippen LogP contribution is 2.32.